The summed E-state index contributed by atoms with van der Waals surface area (Å²) in [6, 6.07) is 5.61. The summed E-state index contributed by atoms with van der Waals surface area (Å²) in [5.74, 6) is 0.0946. The molecule has 0 spiro atoms. The summed E-state index contributed by atoms with van der Waals surface area (Å²) in [6.45, 7) is 3.51. The quantitative estimate of drug-likeness (QED) is 0.827. The molecule has 124 valence electrons. The highest BCUT2D eigenvalue weighted by Gasteiger charge is 2.37. The molecule has 2 heterocycles. The van der Waals surface area contributed by atoms with Crippen molar-refractivity contribution in [2.24, 2.45) is 0 Å². The summed E-state index contributed by atoms with van der Waals surface area (Å²) in [6.07, 6.45) is 3.32. The third-order valence-electron chi connectivity index (χ3n) is 3.79. The van der Waals surface area contributed by atoms with Crippen LogP contribution >= 0.6 is 0 Å². The van der Waals surface area contributed by atoms with Crippen LogP contribution < -0.4 is 15.5 Å². The molecular weight excluding hydrogens is 310 g/mol. The predicted molar refractivity (Wildman–Crippen MR) is 87.5 cm³/mol. The van der Waals surface area contributed by atoms with Gasteiger partial charge in [-0.05, 0) is 26.0 Å². The van der Waals surface area contributed by atoms with Crippen molar-refractivity contribution in [2.45, 2.75) is 26.4 Å². The van der Waals surface area contributed by atoms with Crippen molar-refractivity contribution in [3.05, 3.63) is 42.5 Å². The number of benzene rings is 1. The molecule has 1 atom stereocenters. The Hall–Kier alpha value is -3.16. The second-order valence-electron chi connectivity index (χ2n) is 5.51. The zero-order valence-corrected chi connectivity index (χ0v) is 13.3. The Kier molecular flexibility index (Phi) is 4.03. The molecule has 8 nitrogen and oxygen atoms in total. The predicted octanol–water partition coefficient (Wildman–Crippen LogP) is 1.27. The fourth-order valence-electron chi connectivity index (χ4n) is 2.52. The van der Waals surface area contributed by atoms with E-state index in [1.807, 2.05) is 0 Å². The number of nitrogens with zero attached hydrogens (tertiary/aromatic N) is 3. The summed E-state index contributed by atoms with van der Waals surface area (Å²) in [5, 5.41) is 5.30. The van der Waals surface area contributed by atoms with Crippen molar-refractivity contribution >= 4 is 29.2 Å². The SMILES string of the molecule is Cc1nccn1CC(=O)Nc1ccccc1N1C(=O)NC(C)C1=O. The number of carbonyl (C=O) groups is 3. The summed E-state index contributed by atoms with van der Waals surface area (Å²) in [5.41, 5.74) is 0.748. The van der Waals surface area contributed by atoms with Gasteiger partial charge in [0.1, 0.15) is 18.4 Å². The van der Waals surface area contributed by atoms with Crippen molar-refractivity contribution < 1.29 is 14.4 Å². The second kappa shape index (κ2) is 6.15. The number of imidazole rings is 1. The van der Waals surface area contributed by atoms with Crippen molar-refractivity contribution in [3.8, 4) is 0 Å². The van der Waals surface area contributed by atoms with E-state index in [9.17, 15) is 14.4 Å². The summed E-state index contributed by atoms with van der Waals surface area (Å²) in [7, 11) is 0. The number of para-hydroxylation sites is 2. The summed E-state index contributed by atoms with van der Waals surface area (Å²) in [4.78, 5) is 41.5. The second-order valence-corrected chi connectivity index (χ2v) is 5.51. The van der Waals surface area contributed by atoms with Gasteiger partial charge in [-0.1, -0.05) is 12.1 Å². The van der Waals surface area contributed by atoms with Crippen molar-refractivity contribution in [1.29, 1.82) is 0 Å². The smallest absolute Gasteiger partial charge is 0.326 e. The first kappa shape index (κ1) is 15.7. The lowest BCUT2D eigenvalue weighted by molar-refractivity contribution is -0.118. The van der Waals surface area contributed by atoms with E-state index in [0.717, 1.165) is 10.7 Å². The van der Waals surface area contributed by atoms with Crippen LogP contribution in [0.1, 0.15) is 12.7 Å². The minimum absolute atomic E-state index is 0.0940. The Labute approximate surface area is 138 Å². The average molecular weight is 327 g/mol. The van der Waals surface area contributed by atoms with Crippen molar-refractivity contribution in [1.82, 2.24) is 14.9 Å². The molecule has 3 rings (SSSR count). The van der Waals surface area contributed by atoms with E-state index in [4.69, 9.17) is 0 Å². The van der Waals surface area contributed by atoms with Gasteiger partial charge in [0.15, 0.2) is 0 Å². The maximum absolute atomic E-state index is 12.3. The minimum atomic E-state index is -0.588. The highest BCUT2D eigenvalue weighted by atomic mass is 16.2. The number of anilines is 2. The lowest BCUT2D eigenvalue weighted by Crippen LogP contribution is -2.32. The first-order chi connectivity index (χ1) is 11.5. The third kappa shape index (κ3) is 2.85. The van der Waals surface area contributed by atoms with Crippen LogP contribution in [0.25, 0.3) is 0 Å². The Morgan fingerprint density at radius 2 is 2.08 bits per heavy atom. The number of rotatable bonds is 4. The third-order valence-corrected chi connectivity index (χ3v) is 3.79. The standard InChI is InChI=1S/C16H17N5O3/c1-10-15(23)21(16(24)18-10)13-6-4-3-5-12(13)19-14(22)9-20-8-7-17-11(20)2/h3-8,10H,9H2,1-2H3,(H,18,24)(H,19,22). The number of urea groups is 1. The van der Waals surface area contributed by atoms with E-state index in [2.05, 4.69) is 15.6 Å². The Balaban J connectivity index is 1.82. The van der Waals surface area contributed by atoms with Crippen LogP contribution in [0.5, 0.6) is 0 Å². The topological polar surface area (TPSA) is 96.3 Å². The van der Waals surface area contributed by atoms with Crippen LogP contribution in [0.3, 0.4) is 0 Å². The van der Waals surface area contributed by atoms with E-state index in [0.29, 0.717) is 11.4 Å². The first-order valence-electron chi connectivity index (χ1n) is 7.48. The number of aryl methyl sites for hydroxylation is 1. The highest BCUT2D eigenvalue weighted by Crippen LogP contribution is 2.28. The van der Waals surface area contributed by atoms with Crippen LogP contribution in [0, 0.1) is 6.92 Å². The number of carbonyl (C=O) groups excluding carboxylic acids is 3. The van der Waals surface area contributed by atoms with E-state index >= 15 is 0 Å². The largest absolute Gasteiger partial charge is 0.329 e. The molecule has 1 fully saturated rings. The molecule has 1 aliphatic heterocycles. The molecular formula is C16H17N5O3. The molecule has 0 bridgehead atoms. The fraction of sp³-hybridized carbons (Fsp3) is 0.250. The van der Waals surface area contributed by atoms with Gasteiger partial charge in [0.2, 0.25) is 5.91 Å². The number of imide groups is 1. The van der Waals surface area contributed by atoms with Gasteiger partial charge in [-0.15, -0.1) is 0 Å². The Bertz CT molecular complexity index is 814. The molecule has 1 unspecified atom stereocenters. The number of hydrogen-bond donors (Lipinski definition) is 2. The fourth-order valence-corrected chi connectivity index (χ4v) is 2.52. The van der Waals surface area contributed by atoms with E-state index in [1.54, 1.807) is 55.1 Å². The molecule has 1 aliphatic rings. The number of amides is 4. The molecule has 0 aliphatic carbocycles. The van der Waals surface area contributed by atoms with Crippen LogP contribution in [-0.2, 0) is 16.1 Å². The molecule has 2 N–H and O–H groups in total. The number of nitrogens with one attached hydrogen (secondary N) is 2. The van der Waals surface area contributed by atoms with Crippen LogP contribution in [0.4, 0.5) is 16.2 Å². The monoisotopic (exact) mass is 327 g/mol. The normalized spacial score (nSPS) is 17.1. The van der Waals surface area contributed by atoms with Crippen LogP contribution in [0.15, 0.2) is 36.7 Å². The summed E-state index contributed by atoms with van der Waals surface area (Å²) >= 11 is 0. The molecule has 1 aromatic carbocycles. The summed E-state index contributed by atoms with van der Waals surface area (Å²) < 4.78 is 1.70. The van der Waals surface area contributed by atoms with Crippen LogP contribution in [0.2, 0.25) is 0 Å². The lowest BCUT2D eigenvalue weighted by atomic mass is 10.2. The van der Waals surface area contributed by atoms with Crippen molar-refractivity contribution in [3.63, 3.8) is 0 Å². The van der Waals surface area contributed by atoms with Crippen LogP contribution in [-0.4, -0.2) is 33.4 Å². The van der Waals surface area contributed by atoms with Gasteiger partial charge in [-0.25, -0.2) is 14.7 Å². The zero-order chi connectivity index (χ0) is 17.3. The van der Waals surface area contributed by atoms with E-state index in [1.165, 1.54) is 0 Å². The lowest BCUT2D eigenvalue weighted by Gasteiger charge is -2.17. The van der Waals surface area contributed by atoms with Gasteiger partial charge < -0.3 is 15.2 Å². The van der Waals surface area contributed by atoms with Gasteiger partial charge in [0.05, 0.1) is 11.4 Å². The van der Waals surface area contributed by atoms with Gasteiger partial charge >= 0.3 is 6.03 Å². The van der Waals surface area contributed by atoms with Gasteiger partial charge in [-0.2, -0.15) is 0 Å². The molecule has 8 heteroatoms. The highest BCUT2D eigenvalue weighted by molar-refractivity contribution is 6.23. The van der Waals surface area contributed by atoms with Gasteiger partial charge in [0, 0.05) is 12.4 Å². The maximum atomic E-state index is 12.3. The zero-order valence-electron chi connectivity index (χ0n) is 13.3. The first-order valence-corrected chi connectivity index (χ1v) is 7.48. The van der Waals surface area contributed by atoms with Gasteiger partial charge in [-0.3, -0.25) is 9.59 Å². The Morgan fingerprint density at radius 1 is 1.33 bits per heavy atom. The van der Waals surface area contributed by atoms with E-state index < -0.39 is 12.1 Å². The van der Waals surface area contributed by atoms with Gasteiger partial charge in [0.25, 0.3) is 5.91 Å². The number of hydrogen-bond acceptors (Lipinski definition) is 4. The average Bonchev–Trinajstić information content (AvgIpc) is 3.04. The maximum Gasteiger partial charge on any atom is 0.329 e. The molecule has 1 saturated heterocycles. The molecule has 24 heavy (non-hydrogen) atoms. The molecule has 0 saturated carbocycles. The molecule has 1 aromatic heterocycles. The minimum Gasteiger partial charge on any atom is -0.326 e. The molecule has 2 aromatic rings. The number of aromatic nitrogens is 2. The Morgan fingerprint density at radius 3 is 2.71 bits per heavy atom. The molecule has 0 radical (unpaired) electrons. The van der Waals surface area contributed by atoms with E-state index in [-0.39, 0.29) is 18.4 Å². The molecule has 4 amide bonds. The van der Waals surface area contributed by atoms with Crippen molar-refractivity contribution in [2.75, 3.05) is 10.2 Å².